The molecule has 0 saturated carbocycles. The van der Waals surface area contributed by atoms with Crippen LogP contribution in [0.1, 0.15) is 20.8 Å². The van der Waals surface area contributed by atoms with E-state index in [1.54, 1.807) is 53.3 Å². The van der Waals surface area contributed by atoms with Gasteiger partial charge in [-0.05, 0) is 42.5 Å². The molecule has 0 aliphatic carbocycles. The van der Waals surface area contributed by atoms with Crippen molar-refractivity contribution >= 4 is 34.3 Å². The number of hydrogen-bond donors (Lipinski definition) is 1. The lowest BCUT2D eigenvalue weighted by molar-refractivity contribution is 0.0533. The van der Waals surface area contributed by atoms with Crippen LogP contribution in [-0.2, 0) is 0 Å². The summed E-state index contributed by atoms with van der Waals surface area (Å²) in [6, 6.07) is 14.4. The molecule has 0 radical (unpaired) electrons. The highest BCUT2D eigenvalue weighted by Crippen LogP contribution is 2.21. The number of carbonyl (C=O) groups excluding carboxylic acids is 2. The average Bonchev–Trinajstić information content (AvgIpc) is 3.16. The summed E-state index contributed by atoms with van der Waals surface area (Å²) < 4.78 is 5.13. The van der Waals surface area contributed by atoms with Crippen molar-refractivity contribution in [1.29, 1.82) is 0 Å². The van der Waals surface area contributed by atoms with Crippen molar-refractivity contribution in [2.24, 2.45) is 0 Å². The molecule has 0 unspecified atom stereocenters. The fourth-order valence-electron chi connectivity index (χ4n) is 3.41. The topological polar surface area (TPSA) is 65.6 Å². The van der Waals surface area contributed by atoms with E-state index >= 15 is 0 Å². The van der Waals surface area contributed by atoms with E-state index in [-0.39, 0.29) is 11.8 Å². The largest absolute Gasteiger partial charge is 0.497 e. The number of fused-ring (bicyclic) bond motifs is 1. The molecule has 0 spiro atoms. The maximum Gasteiger partial charge on any atom is 0.270 e. The molecular formula is C21H20ClN3O3. The molecule has 1 N–H and O–H groups in total. The van der Waals surface area contributed by atoms with Crippen LogP contribution in [0, 0.1) is 0 Å². The number of aromatic amines is 1. The fourth-order valence-corrected chi connectivity index (χ4v) is 3.59. The van der Waals surface area contributed by atoms with Gasteiger partial charge in [0.25, 0.3) is 11.8 Å². The van der Waals surface area contributed by atoms with E-state index in [9.17, 15) is 9.59 Å². The van der Waals surface area contributed by atoms with E-state index in [2.05, 4.69) is 4.98 Å². The van der Waals surface area contributed by atoms with Gasteiger partial charge in [-0.1, -0.05) is 17.7 Å². The molecular weight excluding hydrogens is 378 g/mol. The third kappa shape index (κ3) is 3.55. The molecule has 1 saturated heterocycles. The first-order valence-corrected chi connectivity index (χ1v) is 9.44. The quantitative estimate of drug-likeness (QED) is 0.736. The number of rotatable bonds is 3. The zero-order valence-corrected chi connectivity index (χ0v) is 16.2. The molecule has 3 aromatic rings. The van der Waals surface area contributed by atoms with Gasteiger partial charge < -0.3 is 19.5 Å². The fraction of sp³-hybridized carbons (Fsp3) is 0.238. The minimum absolute atomic E-state index is 0.0324. The molecule has 0 bridgehead atoms. The summed E-state index contributed by atoms with van der Waals surface area (Å²) in [5.74, 6) is 0.616. The van der Waals surface area contributed by atoms with Crippen LogP contribution in [0.25, 0.3) is 10.9 Å². The Bertz CT molecular complexity index is 1020. The Morgan fingerprint density at radius 1 is 0.929 bits per heavy atom. The Morgan fingerprint density at radius 2 is 1.57 bits per heavy atom. The summed E-state index contributed by atoms with van der Waals surface area (Å²) in [4.78, 5) is 32.2. The molecule has 6 nitrogen and oxygen atoms in total. The van der Waals surface area contributed by atoms with Crippen LogP contribution < -0.4 is 4.74 Å². The second kappa shape index (κ2) is 7.56. The van der Waals surface area contributed by atoms with Gasteiger partial charge >= 0.3 is 0 Å². The lowest BCUT2D eigenvalue weighted by Gasteiger charge is -2.34. The van der Waals surface area contributed by atoms with Gasteiger partial charge in [-0.2, -0.15) is 0 Å². The standard InChI is InChI=1S/C21H20ClN3O3/c1-28-17-6-3-14(4-7-17)20(26)24-8-10-25(11-9-24)21(27)19-12-15-2-5-16(22)13-18(15)23-19/h2-7,12-13,23H,8-11H2,1H3. The lowest BCUT2D eigenvalue weighted by Crippen LogP contribution is -2.50. The van der Waals surface area contributed by atoms with Gasteiger partial charge in [0, 0.05) is 47.7 Å². The van der Waals surface area contributed by atoms with Crippen molar-refractivity contribution in [3.63, 3.8) is 0 Å². The SMILES string of the molecule is COc1ccc(C(=O)N2CCN(C(=O)c3cc4ccc(Cl)cc4[nH]3)CC2)cc1. The molecule has 1 aliphatic heterocycles. The monoisotopic (exact) mass is 397 g/mol. The number of amides is 2. The van der Waals surface area contributed by atoms with Gasteiger partial charge in [0.2, 0.25) is 0 Å². The van der Waals surface area contributed by atoms with E-state index in [1.807, 2.05) is 12.1 Å². The van der Waals surface area contributed by atoms with Crippen LogP contribution in [0.2, 0.25) is 5.02 Å². The third-order valence-electron chi connectivity index (χ3n) is 5.01. The number of hydrogen-bond acceptors (Lipinski definition) is 3. The molecule has 0 atom stereocenters. The van der Waals surface area contributed by atoms with Gasteiger partial charge in [0.05, 0.1) is 7.11 Å². The zero-order valence-electron chi connectivity index (χ0n) is 15.4. The summed E-state index contributed by atoms with van der Waals surface area (Å²) in [7, 11) is 1.59. The Balaban J connectivity index is 1.41. The van der Waals surface area contributed by atoms with Crippen LogP contribution >= 0.6 is 11.6 Å². The summed E-state index contributed by atoms with van der Waals surface area (Å²) in [6.45, 7) is 2.00. The maximum atomic E-state index is 12.8. The lowest BCUT2D eigenvalue weighted by atomic mass is 10.1. The Morgan fingerprint density at radius 3 is 2.21 bits per heavy atom. The highest BCUT2D eigenvalue weighted by molar-refractivity contribution is 6.31. The number of aromatic nitrogens is 1. The first-order chi connectivity index (χ1) is 13.5. The van der Waals surface area contributed by atoms with E-state index in [4.69, 9.17) is 16.3 Å². The molecule has 7 heteroatoms. The summed E-state index contributed by atoms with van der Waals surface area (Å²) in [5, 5.41) is 1.57. The Labute approximate surface area is 167 Å². The van der Waals surface area contributed by atoms with Crippen LogP contribution in [0.4, 0.5) is 0 Å². The molecule has 28 heavy (non-hydrogen) atoms. The Kier molecular flexibility index (Phi) is 4.96. The molecule has 4 rings (SSSR count). The predicted octanol–water partition coefficient (Wildman–Crippen LogP) is 3.43. The second-order valence-corrected chi connectivity index (χ2v) is 7.16. The third-order valence-corrected chi connectivity index (χ3v) is 5.24. The van der Waals surface area contributed by atoms with Gasteiger partial charge in [0.15, 0.2) is 0 Å². The van der Waals surface area contributed by atoms with Crippen molar-refractivity contribution < 1.29 is 14.3 Å². The van der Waals surface area contributed by atoms with Crippen LogP contribution in [0.5, 0.6) is 5.75 Å². The second-order valence-electron chi connectivity index (χ2n) is 6.73. The molecule has 144 valence electrons. The molecule has 2 aromatic carbocycles. The van der Waals surface area contributed by atoms with Gasteiger partial charge in [-0.25, -0.2) is 0 Å². The number of piperazine rings is 1. The highest BCUT2D eigenvalue weighted by Gasteiger charge is 2.26. The number of nitrogens with one attached hydrogen (secondary N) is 1. The summed E-state index contributed by atoms with van der Waals surface area (Å²) in [5.41, 5.74) is 1.99. The van der Waals surface area contributed by atoms with Crippen molar-refractivity contribution in [2.45, 2.75) is 0 Å². The van der Waals surface area contributed by atoms with Crippen LogP contribution in [-0.4, -0.2) is 59.9 Å². The molecule has 2 amide bonds. The Hall–Kier alpha value is -2.99. The van der Waals surface area contributed by atoms with Gasteiger partial charge in [-0.3, -0.25) is 9.59 Å². The van der Waals surface area contributed by atoms with Gasteiger partial charge in [0.1, 0.15) is 11.4 Å². The molecule has 1 aliphatic rings. The number of halogens is 1. The first-order valence-electron chi connectivity index (χ1n) is 9.06. The van der Waals surface area contributed by atoms with Crippen molar-refractivity contribution in [2.75, 3.05) is 33.3 Å². The van der Waals surface area contributed by atoms with E-state index in [0.29, 0.717) is 48.2 Å². The normalized spacial score (nSPS) is 14.4. The number of benzene rings is 2. The van der Waals surface area contributed by atoms with E-state index < -0.39 is 0 Å². The minimum atomic E-state index is -0.0659. The molecule has 1 fully saturated rings. The number of nitrogens with zero attached hydrogens (tertiary/aromatic N) is 2. The van der Waals surface area contributed by atoms with Crippen molar-refractivity contribution in [1.82, 2.24) is 14.8 Å². The van der Waals surface area contributed by atoms with E-state index in [1.165, 1.54) is 0 Å². The van der Waals surface area contributed by atoms with Crippen LogP contribution in [0.3, 0.4) is 0 Å². The number of ether oxygens (including phenoxy) is 1. The first kappa shape index (κ1) is 18.4. The van der Waals surface area contributed by atoms with Crippen LogP contribution in [0.15, 0.2) is 48.5 Å². The minimum Gasteiger partial charge on any atom is -0.497 e. The molecule has 2 heterocycles. The van der Waals surface area contributed by atoms with Crippen molar-refractivity contribution in [3.05, 3.63) is 64.8 Å². The zero-order chi connectivity index (χ0) is 19.7. The maximum absolute atomic E-state index is 12.8. The highest BCUT2D eigenvalue weighted by atomic mass is 35.5. The average molecular weight is 398 g/mol. The smallest absolute Gasteiger partial charge is 0.270 e. The molecule has 1 aromatic heterocycles. The number of carbonyl (C=O) groups is 2. The van der Waals surface area contributed by atoms with E-state index in [0.717, 1.165) is 10.9 Å². The van der Waals surface area contributed by atoms with Crippen molar-refractivity contribution in [3.8, 4) is 5.75 Å². The summed E-state index contributed by atoms with van der Waals surface area (Å²) in [6.07, 6.45) is 0. The number of H-pyrrole nitrogens is 1. The summed E-state index contributed by atoms with van der Waals surface area (Å²) >= 11 is 6.01. The number of methoxy groups -OCH3 is 1. The predicted molar refractivity (Wildman–Crippen MR) is 108 cm³/mol. The van der Waals surface area contributed by atoms with Gasteiger partial charge in [-0.15, -0.1) is 0 Å².